The van der Waals surface area contributed by atoms with Crippen molar-refractivity contribution in [2.75, 3.05) is 11.9 Å². The fourth-order valence-corrected chi connectivity index (χ4v) is 3.48. The number of aryl methyl sites for hydroxylation is 1. The molecule has 7 heteroatoms. The number of rotatable bonds is 2. The van der Waals surface area contributed by atoms with Crippen LogP contribution >= 0.6 is 11.3 Å². The van der Waals surface area contributed by atoms with Crippen LogP contribution in [0.4, 0.5) is 5.69 Å². The zero-order valence-corrected chi connectivity index (χ0v) is 13.8. The molecule has 0 aliphatic heterocycles. The van der Waals surface area contributed by atoms with Gasteiger partial charge < -0.3 is 4.90 Å². The van der Waals surface area contributed by atoms with E-state index in [9.17, 15) is 14.4 Å². The third-order valence-electron chi connectivity index (χ3n) is 3.78. The second-order valence-corrected chi connectivity index (χ2v) is 6.27. The Balaban J connectivity index is 2.13. The number of thiophene rings is 1. The lowest BCUT2D eigenvalue weighted by molar-refractivity contribution is 0.0997. The molecule has 2 aromatic heterocycles. The van der Waals surface area contributed by atoms with Gasteiger partial charge in [-0.2, -0.15) is 0 Å². The SMILES string of the molecule is CN(C(=O)c1cc2c(=O)n(C)c(=O)n(C)c2s1)c1ccccc1. The highest BCUT2D eigenvalue weighted by molar-refractivity contribution is 7.20. The molecule has 0 radical (unpaired) electrons. The van der Waals surface area contributed by atoms with E-state index in [4.69, 9.17) is 0 Å². The van der Waals surface area contributed by atoms with Crippen molar-refractivity contribution in [3.8, 4) is 0 Å². The molecule has 0 spiro atoms. The predicted molar refractivity (Wildman–Crippen MR) is 91.5 cm³/mol. The predicted octanol–water partition coefficient (Wildman–Crippen LogP) is 1.58. The summed E-state index contributed by atoms with van der Waals surface area (Å²) < 4.78 is 2.44. The van der Waals surface area contributed by atoms with Gasteiger partial charge in [0.25, 0.3) is 11.5 Å². The maximum Gasteiger partial charge on any atom is 0.331 e. The third kappa shape index (κ3) is 2.39. The zero-order chi connectivity index (χ0) is 16.7. The minimum Gasteiger partial charge on any atom is -0.311 e. The molecule has 0 fully saturated rings. The molecule has 3 rings (SSSR count). The minimum atomic E-state index is -0.403. The van der Waals surface area contributed by atoms with Gasteiger partial charge in [0.2, 0.25) is 0 Å². The quantitative estimate of drug-likeness (QED) is 0.717. The first-order valence-corrected chi connectivity index (χ1v) is 7.76. The number of para-hydroxylation sites is 1. The van der Waals surface area contributed by atoms with Gasteiger partial charge in [-0.3, -0.25) is 18.7 Å². The van der Waals surface area contributed by atoms with Crippen LogP contribution in [0.15, 0.2) is 46.0 Å². The summed E-state index contributed by atoms with van der Waals surface area (Å²) in [4.78, 5) is 39.3. The smallest absolute Gasteiger partial charge is 0.311 e. The van der Waals surface area contributed by atoms with Crippen molar-refractivity contribution in [1.29, 1.82) is 0 Å². The largest absolute Gasteiger partial charge is 0.331 e. The van der Waals surface area contributed by atoms with E-state index >= 15 is 0 Å². The van der Waals surface area contributed by atoms with Crippen molar-refractivity contribution in [2.24, 2.45) is 14.1 Å². The van der Waals surface area contributed by atoms with Gasteiger partial charge in [0.05, 0.1) is 10.3 Å². The number of nitrogens with zero attached hydrogens (tertiary/aromatic N) is 3. The van der Waals surface area contributed by atoms with Crippen LogP contribution in [0, 0.1) is 0 Å². The Labute approximate surface area is 135 Å². The summed E-state index contributed by atoms with van der Waals surface area (Å²) in [6, 6.07) is 10.8. The second-order valence-electron chi connectivity index (χ2n) is 5.23. The van der Waals surface area contributed by atoms with Crippen LogP contribution < -0.4 is 16.1 Å². The normalized spacial score (nSPS) is 10.9. The van der Waals surface area contributed by atoms with E-state index in [-0.39, 0.29) is 11.5 Å². The number of carbonyl (C=O) groups excluding carboxylic acids is 1. The summed E-state index contributed by atoms with van der Waals surface area (Å²) in [5.74, 6) is -0.216. The second kappa shape index (κ2) is 5.51. The summed E-state index contributed by atoms with van der Waals surface area (Å²) in [6.45, 7) is 0. The Morgan fingerprint density at radius 3 is 2.39 bits per heavy atom. The maximum atomic E-state index is 12.6. The van der Waals surface area contributed by atoms with Crippen LogP contribution in [-0.2, 0) is 14.1 Å². The number of benzene rings is 1. The van der Waals surface area contributed by atoms with Gasteiger partial charge >= 0.3 is 5.69 Å². The van der Waals surface area contributed by atoms with E-state index < -0.39 is 5.69 Å². The molecule has 118 valence electrons. The number of aromatic nitrogens is 2. The molecular weight excluding hydrogens is 314 g/mol. The van der Waals surface area contributed by atoms with Crippen molar-refractivity contribution < 1.29 is 4.79 Å². The van der Waals surface area contributed by atoms with E-state index in [1.165, 1.54) is 16.5 Å². The van der Waals surface area contributed by atoms with Gasteiger partial charge in [0.15, 0.2) is 0 Å². The average molecular weight is 329 g/mol. The molecule has 0 aliphatic carbocycles. The number of amides is 1. The molecule has 1 amide bonds. The van der Waals surface area contributed by atoms with E-state index in [0.29, 0.717) is 15.1 Å². The van der Waals surface area contributed by atoms with Crippen molar-refractivity contribution >= 4 is 33.1 Å². The van der Waals surface area contributed by atoms with Crippen LogP contribution in [-0.4, -0.2) is 22.1 Å². The molecule has 6 nitrogen and oxygen atoms in total. The Bertz CT molecular complexity index is 1010. The molecule has 0 saturated carbocycles. The van der Waals surface area contributed by atoms with E-state index in [0.717, 1.165) is 21.6 Å². The van der Waals surface area contributed by atoms with Crippen LogP contribution in [0.2, 0.25) is 0 Å². The van der Waals surface area contributed by atoms with Gasteiger partial charge in [-0.15, -0.1) is 11.3 Å². The summed E-state index contributed by atoms with van der Waals surface area (Å²) in [5, 5.41) is 0.379. The molecule has 23 heavy (non-hydrogen) atoms. The zero-order valence-electron chi connectivity index (χ0n) is 12.9. The molecule has 1 aromatic carbocycles. The summed E-state index contributed by atoms with van der Waals surface area (Å²) in [7, 11) is 4.70. The molecule has 0 aliphatic rings. The van der Waals surface area contributed by atoms with E-state index in [1.54, 1.807) is 20.2 Å². The Hall–Kier alpha value is -2.67. The van der Waals surface area contributed by atoms with Gasteiger partial charge in [0.1, 0.15) is 4.83 Å². The fraction of sp³-hybridized carbons (Fsp3) is 0.188. The first-order valence-electron chi connectivity index (χ1n) is 6.94. The Morgan fingerprint density at radius 2 is 1.74 bits per heavy atom. The highest BCUT2D eigenvalue weighted by Gasteiger charge is 2.19. The molecule has 0 atom stereocenters. The molecule has 0 bridgehead atoms. The van der Waals surface area contributed by atoms with Crippen molar-refractivity contribution in [1.82, 2.24) is 9.13 Å². The van der Waals surface area contributed by atoms with Gasteiger partial charge in [0, 0.05) is 26.8 Å². The molecular formula is C16H15N3O3S. The Morgan fingerprint density at radius 1 is 1.09 bits per heavy atom. The van der Waals surface area contributed by atoms with Gasteiger partial charge in [-0.1, -0.05) is 18.2 Å². The van der Waals surface area contributed by atoms with Gasteiger partial charge in [-0.25, -0.2) is 4.79 Å². The van der Waals surface area contributed by atoms with Crippen molar-refractivity contribution in [3.05, 3.63) is 62.1 Å². The highest BCUT2D eigenvalue weighted by Crippen LogP contribution is 2.24. The van der Waals surface area contributed by atoms with Crippen LogP contribution in [0.3, 0.4) is 0 Å². The molecule has 3 aromatic rings. The number of anilines is 1. The molecule has 0 unspecified atom stereocenters. The third-order valence-corrected chi connectivity index (χ3v) is 4.98. The lowest BCUT2D eigenvalue weighted by Gasteiger charge is -2.15. The summed E-state index contributed by atoms with van der Waals surface area (Å²) in [5.41, 5.74) is -0.0303. The number of hydrogen-bond donors (Lipinski definition) is 0. The molecule has 0 saturated heterocycles. The topological polar surface area (TPSA) is 64.3 Å². The van der Waals surface area contributed by atoms with Crippen LogP contribution in [0.5, 0.6) is 0 Å². The van der Waals surface area contributed by atoms with Crippen LogP contribution in [0.25, 0.3) is 10.2 Å². The first-order chi connectivity index (χ1) is 10.9. The fourth-order valence-electron chi connectivity index (χ4n) is 2.40. The van der Waals surface area contributed by atoms with E-state index in [2.05, 4.69) is 0 Å². The van der Waals surface area contributed by atoms with E-state index in [1.807, 2.05) is 30.3 Å². The Kier molecular flexibility index (Phi) is 3.65. The minimum absolute atomic E-state index is 0.216. The standard InChI is InChI=1S/C16H15N3O3S/c1-17(10-7-5-4-6-8-10)14(21)12-9-11-13(20)18(2)16(22)19(3)15(11)23-12/h4-9H,1-3H3. The molecule has 2 heterocycles. The van der Waals surface area contributed by atoms with Crippen LogP contribution in [0.1, 0.15) is 9.67 Å². The van der Waals surface area contributed by atoms with Crippen molar-refractivity contribution in [3.63, 3.8) is 0 Å². The summed E-state index contributed by atoms with van der Waals surface area (Å²) >= 11 is 1.15. The highest BCUT2D eigenvalue weighted by atomic mass is 32.1. The lowest BCUT2D eigenvalue weighted by Crippen LogP contribution is -2.36. The summed E-state index contributed by atoms with van der Waals surface area (Å²) in [6.07, 6.45) is 0. The van der Waals surface area contributed by atoms with Crippen molar-refractivity contribution in [2.45, 2.75) is 0 Å². The first kappa shape index (κ1) is 15.2. The molecule has 0 N–H and O–H groups in total. The number of fused-ring (bicyclic) bond motifs is 1. The monoisotopic (exact) mass is 329 g/mol. The van der Waals surface area contributed by atoms with Gasteiger partial charge in [-0.05, 0) is 18.2 Å². The maximum absolute atomic E-state index is 12.6. The number of carbonyl (C=O) groups is 1. The average Bonchev–Trinajstić information content (AvgIpc) is 3.03. The lowest BCUT2D eigenvalue weighted by atomic mass is 10.3. The number of hydrogen-bond acceptors (Lipinski definition) is 4.